The van der Waals surface area contributed by atoms with Crippen LogP contribution in [-0.2, 0) is 17.6 Å². The lowest BCUT2D eigenvalue weighted by Crippen LogP contribution is -2.27. The highest BCUT2D eigenvalue weighted by Crippen LogP contribution is 2.21. The number of carbonyl (C=O) groups excluding carboxylic acids is 1. The van der Waals surface area contributed by atoms with E-state index in [1.807, 2.05) is 10.7 Å². The van der Waals surface area contributed by atoms with Crippen LogP contribution in [0.3, 0.4) is 0 Å². The number of carbonyl (C=O) groups is 1. The maximum Gasteiger partial charge on any atom is 0.256 e. The molecule has 0 atom stereocenters. The summed E-state index contributed by atoms with van der Waals surface area (Å²) in [6.07, 6.45) is 9.17. The minimum atomic E-state index is -0.150. The summed E-state index contributed by atoms with van der Waals surface area (Å²) in [4.78, 5) is 16.6. The molecular weight excluding hydrogens is 268 g/mol. The number of amides is 1. The highest BCUT2D eigenvalue weighted by atomic mass is 16.5. The van der Waals surface area contributed by atoms with E-state index in [1.54, 1.807) is 13.3 Å². The van der Waals surface area contributed by atoms with E-state index in [2.05, 4.69) is 15.4 Å². The summed E-state index contributed by atoms with van der Waals surface area (Å²) in [5.41, 5.74) is 3.63. The molecule has 0 aromatic carbocycles. The smallest absolute Gasteiger partial charge is 0.256 e. The van der Waals surface area contributed by atoms with Crippen molar-refractivity contribution >= 4 is 11.6 Å². The quantitative estimate of drug-likeness (QED) is 0.681. The molecule has 2 aromatic rings. The number of methoxy groups -OCH3 is 1. The van der Waals surface area contributed by atoms with Crippen molar-refractivity contribution in [3.8, 4) is 0 Å². The number of fused-ring (bicyclic) bond motifs is 3. The van der Waals surface area contributed by atoms with Gasteiger partial charge in [-0.15, -0.1) is 0 Å². The summed E-state index contributed by atoms with van der Waals surface area (Å²) in [6.45, 7) is 0.978. The molecule has 0 radical (unpaired) electrons. The van der Waals surface area contributed by atoms with Crippen LogP contribution in [0.5, 0.6) is 0 Å². The Balaban J connectivity index is 1.92. The topological polar surface area (TPSA) is 68.5 Å². The van der Waals surface area contributed by atoms with Crippen LogP contribution in [0.15, 0.2) is 12.4 Å². The second-order valence-corrected chi connectivity index (χ2v) is 5.33. The number of aromatic nitrogens is 3. The van der Waals surface area contributed by atoms with Crippen LogP contribution in [0, 0.1) is 0 Å². The molecule has 1 amide bonds. The van der Waals surface area contributed by atoms with Gasteiger partial charge in [0, 0.05) is 25.5 Å². The van der Waals surface area contributed by atoms with Gasteiger partial charge in [-0.1, -0.05) is 6.42 Å². The van der Waals surface area contributed by atoms with E-state index in [1.165, 1.54) is 30.5 Å². The highest BCUT2D eigenvalue weighted by molar-refractivity contribution is 5.99. The Kier molecular flexibility index (Phi) is 4.15. The van der Waals surface area contributed by atoms with Gasteiger partial charge in [-0.3, -0.25) is 4.79 Å². The SMILES string of the molecule is COCCNC(=O)c1cnn2c3c(cnc12)CCCCC3. The zero-order chi connectivity index (χ0) is 14.7. The second-order valence-electron chi connectivity index (χ2n) is 5.33. The fourth-order valence-electron chi connectivity index (χ4n) is 2.80. The van der Waals surface area contributed by atoms with Gasteiger partial charge in [0.2, 0.25) is 0 Å². The van der Waals surface area contributed by atoms with Crippen molar-refractivity contribution in [2.24, 2.45) is 0 Å². The Morgan fingerprint density at radius 2 is 2.19 bits per heavy atom. The minimum Gasteiger partial charge on any atom is -0.383 e. The van der Waals surface area contributed by atoms with Crippen LogP contribution in [0.25, 0.3) is 5.65 Å². The molecule has 1 N–H and O–H groups in total. The van der Waals surface area contributed by atoms with Gasteiger partial charge in [0.15, 0.2) is 5.65 Å². The minimum absolute atomic E-state index is 0.150. The third kappa shape index (κ3) is 2.76. The molecule has 0 saturated carbocycles. The van der Waals surface area contributed by atoms with E-state index < -0.39 is 0 Å². The molecular formula is C15H20N4O2. The molecule has 2 aromatic heterocycles. The van der Waals surface area contributed by atoms with E-state index in [-0.39, 0.29) is 5.91 Å². The van der Waals surface area contributed by atoms with E-state index in [9.17, 15) is 4.79 Å². The lowest BCUT2D eigenvalue weighted by atomic mass is 10.1. The zero-order valence-corrected chi connectivity index (χ0v) is 12.3. The Morgan fingerprint density at radius 1 is 1.33 bits per heavy atom. The van der Waals surface area contributed by atoms with E-state index in [0.29, 0.717) is 24.4 Å². The number of hydrogen-bond donors (Lipinski definition) is 1. The molecule has 0 unspecified atom stereocenters. The number of ether oxygens (including phenoxy) is 1. The molecule has 0 saturated heterocycles. The van der Waals surface area contributed by atoms with Crippen molar-refractivity contribution in [1.82, 2.24) is 19.9 Å². The molecule has 6 nitrogen and oxygen atoms in total. The predicted molar refractivity (Wildman–Crippen MR) is 78.5 cm³/mol. The van der Waals surface area contributed by atoms with Gasteiger partial charge < -0.3 is 10.1 Å². The highest BCUT2D eigenvalue weighted by Gasteiger charge is 2.18. The molecule has 3 rings (SSSR count). The molecule has 1 aliphatic carbocycles. The van der Waals surface area contributed by atoms with Crippen molar-refractivity contribution < 1.29 is 9.53 Å². The summed E-state index contributed by atoms with van der Waals surface area (Å²) < 4.78 is 6.77. The van der Waals surface area contributed by atoms with Gasteiger partial charge in [-0.05, 0) is 31.2 Å². The normalized spacial score (nSPS) is 14.7. The standard InChI is InChI=1S/C15H20N4O2/c1-21-8-7-16-15(20)12-10-18-19-13-6-4-2-3-5-11(13)9-17-14(12)19/h9-10H,2-8H2,1H3,(H,16,20). The maximum atomic E-state index is 12.2. The number of nitrogens with zero attached hydrogens (tertiary/aromatic N) is 3. The molecule has 0 fully saturated rings. The zero-order valence-electron chi connectivity index (χ0n) is 12.3. The average molecular weight is 288 g/mol. The Bertz CT molecular complexity index is 650. The number of rotatable bonds is 4. The largest absolute Gasteiger partial charge is 0.383 e. The van der Waals surface area contributed by atoms with Gasteiger partial charge in [0.05, 0.1) is 12.8 Å². The average Bonchev–Trinajstić information content (AvgIpc) is 2.78. The maximum absolute atomic E-state index is 12.2. The van der Waals surface area contributed by atoms with Crippen LogP contribution in [-0.4, -0.2) is 40.8 Å². The molecule has 6 heteroatoms. The summed E-state index contributed by atoms with van der Waals surface area (Å²) in [5.74, 6) is -0.150. The molecule has 0 aliphatic heterocycles. The lowest BCUT2D eigenvalue weighted by molar-refractivity contribution is 0.0938. The first kappa shape index (κ1) is 14.0. The second kappa shape index (κ2) is 6.22. The van der Waals surface area contributed by atoms with Crippen LogP contribution >= 0.6 is 0 Å². The summed E-state index contributed by atoms with van der Waals surface area (Å²) in [6, 6.07) is 0. The van der Waals surface area contributed by atoms with Crippen molar-refractivity contribution in [3.63, 3.8) is 0 Å². The van der Waals surface area contributed by atoms with E-state index >= 15 is 0 Å². The van der Waals surface area contributed by atoms with E-state index in [4.69, 9.17) is 4.74 Å². The first-order valence-corrected chi connectivity index (χ1v) is 7.43. The van der Waals surface area contributed by atoms with Crippen LogP contribution in [0.1, 0.15) is 40.9 Å². The fourth-order valence-corrected chi connectivity index (χ4v) is 2.80. The predicted octanol–water partition coefficient (Wildman–Crippen LogP) is 1.37. The summed E-state index contributed by atoms with van der Waals surface area (Å²) >= 11 is 0. The Morgan fingerprint density at radius 3 is 3.05 bits per heavy atom. The first-order chi connectivity index (χ1) is 10.3. The van der Waals surface area contributed by atoms with Crippen molar-refractivity contribution in [2.45, 2.75) is 32.1 Å². The summed E-state index contributed by atoms with van der Waals surface area (Å²) in [7, 11) is 1.61. The molecule has 0 bridgehead atoms. The van der Waals surface area contributed by atoms with Gasteiger partial charge >= 0.3 is 0 Å². The summed E-state index contributed by atoms with van der Waals surface area (Å²) in [5, 5.41) is 7.20. The molecule has 2 heterocycles. The van der Waals surface area contributed by atoms with E-state index in [0.717, 1.165) is 12.8 Å². The van der Waals surface area contributed by atoms with Crippen LogP contribution in [0.2, 0.25) is 0 Å². The molecule has 1 aliphatic rings. The number of aryl methyl sites for hydroxylation is 2. The van der Waals surface area contributed by atoms with Crippen LogP contribution in [0.4, 0.5) is 0 Å². The van der Waals surface area contributed by atoms with Crippen molar-refractivity contribution in [3.05, 3.63) is 29.2 Å². The Labute approximate surface area is 123 Å². The van der Waals surface area contributed by atoms with Crippen molar-refractivity contribution in [1.29, 1.82) is 0 Å². The van der Waals surface area contributed by atoms with Crippen molar-refractivity contribution in [2.75, 3.05) is 20.3 Å². The van der Waals surface area contributed by atoms with Gasteiger partial charge in [0.25, 0.3) is 5.91 Å². The van der Waals surface area contributed by atoms with Gasteiger partial charge in [-0.2, -0.15) is 5.10 Å². The number of hydrogen-bond acceptors (Lipinski definition) is 4. The van der Waals surface area contributed by atoms with Gasteiger partial charge in [0.1, 0.15) is 5.56 Å². The monoisotopic (exact) mass is 288 g/mol. The molecule has 112 valence electrons. The molecule has 0 spiro atoms. The Hall–Kier alpha value is -1.95. The molecule has 21 heavy (non-hydrogen) atoms. The first-order valence-electron chi connectivity index (χ1n) is 7.43. The third-order valence-electron chi connectivity index (χ3n) is 3.91. The fraction of sp³-hybridized carbons (Fsp3) is 0.533. The number of nitrogens with one attached hydrogen (secondary N) is 1. The van der Waals surface area contributed by atoms with Crippen LogP contribution < -0.4 is 5.32 Å². The third-order valence-corrected chi connectivity index (χ3v) is 3.91. The van der Waals surface area contributed by atoms with Gasteiger partial charge in [-0.25, -0.2) is 9.50 Å². The lowest BCUT2D eigenvalue weighted by Gasteiger charge is -2.08.